The Morgan fingerprint density at radius 3 is 2.75 bits per heavy atom. The van der Waals surface area contributed by atoms with E-state index in [2.05, 4.69) is 10.3 Å². The Labute approximate surface area is 118 Å². The van der Waals surface area contributed by atoms with E-state index >= 15 is 0 Å². The molecule has 1 fully saturated rings. The summed E-state index contributed by atoms with van der Waals surface area (Å²) in [6.07, 6.45) is 0.251. The van der Waals surface area contributed by atoms with E-state index in [1.165, 1.54) is 0 Å². The molecule has 102 valence electrons. The van der Waals surface area contributed by atoms with Gasteiger partial charge in [0.15, 0.2) is 0 Å². The first-order valence-corrected chi connectivity index (χ1v) is 7.05. The molecule has 1 aliphatic rings. The Kier molecular flexibility index (Phi) is 3.10. The maximum atomic E-state index is 12.1. The number of amides is 2. The normalized spacial score (nSPS) is 18.6. The minimum atomic E-state index is -0.522. The predicted molar refractivity (Wildman–Crippen MR) is 77.9 cm³/mol. The third-order valence-electron chi connectivity index (χ3n) is 3.34. The number of benzene rings is 1. The monoisotopic (exact) mass is 288 g/mol. The standard InChI is InChI=1S/C14H12N2O3S/c1-7-3-2-4-8-5-9(12(17)15-11(7)8)6-10-13(18)16-14(19)20-10/h2-5,10H,6H2,1H3,(H,15,17)(H,16,18,19). The van der Waals surface area contributed by atoms with Gasteiger partial charge in [0.2, 0.25) is 5.91 Å². The molecule has 1 unspecified atom stereocenters. The van der Waals surface area contributed by atoms with Crippen LogP contribution in [0.4, 0.5) is 4.79 Å². The molecule has 0 bridgehead atoms. The maximum absolute atomic E-state index is 12.1. The first-order chi connectivity index (χ1) is 9.54. The highest BCUT2D eigenvalue weighted by atomic mass is 32.2. The largest absolute Gasteiger partial charge is 0.321 e. The number of aromatic nitrogens is 1. The molecular formula is C14H12N2O3S. The molecule has 2 amide bonds. The molecule has 0 spiro atoms. The van der Waals surface area contributed by atoms with E-state index < -0.39 is 5.25 Å². The SMILES string of the molecule is Cc1cccc2cc(CC3SC(=O)NC3=O)c(=O)[nH]c12. The van der Waals surface area contributed by atoms with Crippen LogP contribution in [-0.2, 0) is 11.2 Å². The van der Waals surface area contributed by atoms with Crippen LogP contribution in [-0.4, -0.2) is 21.4 Å². The van der Waals surface area contributed by atoms with Crippen molar-refractivity contribution in [2.45, 2.75) is 18.6 Å². The van der Waals surface area contributed by atoms with Gasteiger partial charge in [0, 0.05) is 5.56 Å². The van der Waals surface area contributed by atoms with Crippen LogP contribution in [0.15, 0.2) is 29.1 Å². The zero-order valence-electron chi connectivity index (χ0n) is 10.7. The van der Waals surface area contributed by atoms with E-state index in [0.717, 1.165) is 28.2 Å². The van der Waals surface area contributed by atoms with Crippen molar-refractivity contribution in [1.29, 1.82) is 0 Å². The van der Waals surface area contributed by atoms with Crippen LogP contribution in [0, 0.1) is 6.92 Å². The number of carbonyl (C=O) groups excluding carboxylic acids is 2. The summed E-state index contributed by atoms with van der Waals surface area (Å²) in [5.41, 5.74) is 2.11. The summed E-state index contributed by atoms with van der Waals surface area (Å²) < 4.78 is 0. The molecule has 1 saturated heterocycles. The molecule has 2 aromatic rings. The fourth-order valence-corrected chi connectivity index (χ4v) is 3.15. The summed E-state index contributed by atoms with van der Waals surface area (Å²) in [5.74, 6) is -0.330. The molecule has 0 aliphatic carbocycles. The van der Waals surface area contributed by atoms with Crippen molar-refractivity contribution in [2.24, 2.45) is 0 Å². The minimum absolute atomic E-state index is 0.209. The van der Waals surface area contributed by atoms with Gasteiger partial charge in [-0.15, -0.1) is 0 Å². The second-order valence-electron chi connectivity index (χ2n) is 4.75. The molecule has 0 saturated carbocycles. The third kappa shape index (κ3) is 2.22. The number of fused-ring (bicyclic) bond motifs is 1. The van der Waals surface area contributed by atoms with E-state index in [1.54, 1.807) is 6.07 Å². The summed E-state index contributed by atoms with van der Waals surface area (Å²) in [7, 11) is 0. The van der Waals surface area contributed by atoms with Crippen LogP contribution in [0.2, 0.25) is 0 Å². The van der Waals surface area contributed by atoms with Crippen molar-refractivity contribution >= 4 is 33.8 Å². The number of rotatable bonds is 2. The lowest BCUT2D eigenvalue weighted by Gasteiger charge is -2.07. The second kappa shape index (κ2) is 4.79. The molecule has 2 heterocycles. The quantitative estimate of drug-likeness (QED) is 0.882. The van der Waals surface area contributed by atoms with Crippen LogP contribution in [0.3, 0.4) is 0 Å². The zero-order chi connectivity index (χ0) is 14.3. The van der Waals surface area contributed by atoms with E-state index in [0.29, 0.717) is 5.56 Å². The lowest BCUT2D eigenvalue weighted by atomic mass is 10.1. The molecule has 20 heavy (non-hydrogen) atoms. The smallest absolute Gasteiger partial charge is 0.286 e. The average Bonchev–Trinajstić information content (AvgIpc) is 2.70. The van der Waals surface area contributed by atoms with Crippen LogP contribution in [0.1, 0.15) is 11.1 Å². The first kappa shape index (κ1) is 12.9. The zero-order valence-corrected chi connectivity index (χ0v) is 11.5. The number of nitrogens with one attached hydrogen (secondary N) is 2. The summed E-state index contributed by atoms with van der Waals surface area (Å²) in [6.45, 7) is 1.93. The molecule has 1 atom stereocenters. The summed E-state index contributed by atoms with van der Waals surface area (Å²) in [4.78, 5) is 37.6. The number of aromatic amines is 1. The molecule has 1 aliphatic heterocycles. The number of imide groups is 1. The Balaban J connectivity index is 2.00. The number of para-hydroxylation sites is 1. The Morgan fingerprint density at radius 1 is 1.25 bits per heavy atom. The van der Waals surface area contributed by atoms with Crippen molar-refractivity contribution in [3.63, 3.8) is 0 Å². The predicted octanol–water partition coefficient (Wildman–Crippen LogP) is 1.73. The third-order valence-corrected chi connectivity index (χ3v) is 4.32. The number of thioether (sulfide) groups is 1. The van der Waals surface area contributed by atoms with E-state index in [9.17, 15) is 14.4 Å². The first-order valence-electron chi connectivity index (χ1n) is 6.17. The van der Waals surface area contributed by atoms with E-state index in [-0.39, 0.29) is 23.1 Å². The van der Waals surface area contributed by atoms with Crippen LogP contribution < -0.4 is 10.9 Å². The second-order valence-corrected chi connectivity index (χ2v) is 5.93. The number of carbonyl (C=O) groups is 2. The van der Waals surface area contributed by atoms with Gasteiger partial charge in [0.25, 0.3) is 10.8 Å². The molecule has 1 aromatic carbocycles. The molecule has 2 N–H and O–H groups in total. The topological polar surface area (TPSA) is 79.0 Å². The maximum Gasteiger partial charge on any atom is 0.286 e. The van der Waals surface area contributed by atoms with Gasteiger partial charge >= 0.3 is 0 Å². The molecule has 0 radical (unpaired) electrons. The van der Waals surface area contributed by atoms with Gasteiger partial charge in [0.1, 0.15) is 0 Å². The molecular weight excluding hydrogens is 276 g/mol. The van der Waals surface area contributed by atoms with Crippen molar-refractivity contribution in [1.82, 2.24) is 10.3 Å². The minimum Gasteiger partial charge on any atom is -0.321 e. The molecule has 3 rings (SSSR count). The van der Waals surface area contributed by atoms with Gasteiger partial charge in [-0.3, -0.25) is 19.7 Å². The van der Waals surface area contributed by atoms with Gasteiger partial charge in [-0.25, -0.2) is 0 Å². The highest BCUT2D eigenvalue weighted by Crippen LogP contribution is 2.23. The number of hydrogen-bond acceptors (Lipinski definition) is 4. The Morgan fingerprint density at radius 2 is 2.05 bits per heavy atom. The van der Waals surface area contributed by atoms with Crippen LogP contribution in [0.5, 0.6) is 0 Å². The Bertz CT molecular complexity index is 782. The highest BCUT2D eigenvalue weighted by molar-refractivity contribution is 8.15. The van der Waals surface area contributed by atoms with Gasteiger partial charge in [-0.1, -0.05) is 30.0 Å². The average molecular weight is 288 g/mol. The lowest BCUT2D eigenvalue weighted by molar-refractivity contribution is -0.118. The highest BCUT2D eigenvalue weighted by Gasteiger charge is 2.32. The lowest BCUT2D eigenvalue weighted by Crippen LogP contribution is -2.27. The van der Waals surface area contributed by atoms with Crippen molar-refractivity contribution in [3.8, 4) is 0 Å². The number of H-pyrrole nitrogens is 1. The summed E-state index contributed by atoms with van der Waals surface area (Å²) in [5, 5.41) is 2.28. The van der Waals surface area contributed by atoms with E-state index in [1.807, 2.05) is 25.1 Å². The fourth-order valence-electron chi connectivity index (χ4n) is 2.31. The van der Waals surface area contributed by atoms with Crippen LogP contribution >= 0.6 is 11.8 Å². The number of pyridine rings is 1. The Hall–Kier alpha value is -2.08. The molecule has 6 heteroatoms. The van der Waals surface area contributed by atoms with Crippen molar-refractivity contribution in [2.75, 3.05) is 0 Å². The molecule has 5 nitrogen and oxygen atoms in total. The summed E-state index contributed by atoms with van der Waals surface area (Å²) in [6, 6.07) is 7.55. The van der Waals surface area contributed by atoms with Crippen molar-refractivity contribution < 1.29 is 9.59 Å². The van der Waals surface area contributed by atoms with Gasteiger partial charge in [-0.05, 0) is 30.4 Å². The summed E-state index contributed by atoms with van der Waals surface area (Å²) >= 11 is 0.933. The van der Waals surface area contributed by atoms with Gasteiger partial charge in [0.05, 0.1) is 10.8 Å². The number of aryl methyl sites for hydroxylation is 1. The number of hydrogen-bond donors (Lipinski definition) is 2. The fraction of sp³-hybridized carbons (Fsp3) is 0.214. The van der Waals surface area contributed by atoms with Gasteiger partial charge in [-0.2, -0.15) is 0 Å². The van der Waals surface area contributed by atoms with Gasteiger partial charge < -0.3 is 4.98 Å². The van der Waals surface area contributed by atoms with Crippen LogP contribution in [0.25, 0.3) is 10.9 Å². The molecule has 1 aromatic heterocycles. The van der Waals surface area contributed by atoms with E-state index in [4.69, 9.17) is 0 Å². The van der Waals surface area contributed by atoms with Crippen molar-refractivity contribution in [3.05, 3.63) is 45.7 Å².